The van der Waals surface area contributed by atoms with Gasteiger partial charge in [0.1, 0.15) is 5.75 Å². The highest BCUT2D eigenvalue weighted by molar-refractivity contribution is 5.48. The van der Waals surface area contributed by atoms with E-state index in [9.17, 15) is 0 Å². The van der Waals surface area contributed by atoms with Gasteiger partial charge in [-0.05, 0) is 36.5 Å². The van der Waals surface area contributed by atoms with Crippen LogP contribution in [0, 0.1) is 5.92 Å². The second-order valence-electron chi connectivity index (χ2n) is 6.50. The summed E-state index contributed by atoms with van der Waals surface area (Å²) in [5.74, 6) is 1.79. The molecule has 2 nitrogen and oxygen atoms in total. The molecule has 1 fully saturated rings. The number of benzene rings is 2. The Morgan fingerprint density at radius 2 is 1.74 bits per heavy atom. The van der Waals surface area contributed by atoms with Gasteiger partial charge < -0.3 is 10.1 Å². The molecule has 0 unspecified atom stereocenters. The Kier molecular flexibility index (Phi) is 5.96. The minimum absolute atomic E-state index is 0.718. The SMILES string of the molecule is c1ccc(CCOc2cccc(NCC3CCCCC3)c2)cc1. The largest absolute Gasteiger partial charge is 0.493 e. The fourth-order valence-corrected chi connectivity index (χ4v) is 3.28. The van der Waals surface area contributed by atoms with E-state index >= 15 is 0 Å². The van der Waals surface area contributed by atoms with Crippen LogP contribution in [-0.2, 0) is 6.42 Å². The zero-order valence-electron chi connectivity index (χ0n) is 13.8. The fraction of sp³-hybridized carbons (Fsp3) is 0.429. The first-order chi connectivity index (χ1) is 11.4. The molecule has 0 spiro atoms. The van der Waals surface area contributed by atoms with E-state index in [0.717, 1.165) is 31.2 Å². The lowest BCUT2D eigenvalue weighted by Gasteiger charge is -2.22. The lowest BCUT2D eigenvalue weighted by atomic mass is 9.89. The van der Waals surface area contributed by atoms with E-state index in [0.29, 0.717) is 0 Å². The van der Waals surface area contributed by atoms with E-state index in [1.54, 1.807) is 0 Å². The summed E-state index contributed by atoms with van der Waals surface area (Å²) < 4.78 is 5.90. The molecule has 0 amide bonds. The molecular formula is C21H27NO. The van der Waals surface area contributed by atoms with Crippen molar-refractivity contribution in [3.63, 3.8) is 0 Å². The molecule has 2 heteroatoms. The van der Waals surface area contributed by atoms with Gasteiger partial charge in [0.15, 0.2) is 0 Å². The molecule has 0 radical (unpaired) electrons. The quantitative estimate of drug-likeness (QED) is 0.749. The van der Waals surface area contributed by atoms with E-state index in [2.05, 4.69) is 47.8 Å². The van der Waals surface area contributed by atoms with Crippen LogP contribution < -0.4 is 10.1 Å². The summed E-state index contributed by atoms with van der Waals surface area (Å²) in [7, 11) is 0. The topological polar surface area (TPSA) is 21.3 Å². The Labute approximate surface area is 139 Å². The third-order valence-corrected chi connectivity index (χ3v) is 4.66. The van der Waals surface area contributed by atoms with Crippen LogP contribution in [0.3, 0.4) is 0 Å². The first-order valence-corrected chi connectivity index (χ1v) is 8.91. The van der Waals surface area contributed by atoms with Crippen LogP contribution in [0.1, 0.15) is 37.7 Å². The molecule has 2 aromatic rings. The van der Waals surface area contributed by atoms with Crippen molar-refractivity contribution < 1.29 is 4.74 Å². The molecule has 122 valence electrons. The fourth-order valence-electron chi connectivity index (χ4n) is 3.28. The van der Waals surface area contributed by atoms with Crippen LogP contribution in [0.25, 0.3) is 0 Å². The zero-order valence-corrected chi connectivity index (χ0v) is 13.8. The molecule has 0 saturated heterocycles. The van der Waals surface area contributed by atoms with Crippen LogP contribution in [0.2, 0.25) is 0 Å². The summed E-state index contributed by atoms with van der Waals surface area (Å²) in [4.78, 5) is 0. The molecule has 0 atom stereocenters. The van der Waals surface area contributed by atoms with Crippen molar-refractivity contribution in [3.8, 4) is 5.75 Å². The normalized spacial score (nSPS) is 15.3. The highest BCUT2D eigenvalue weighted by Crippen LogP contribution is 2.25. The number of hydrogen-bond acceptors (Lipinski definition) is 2. The summed E-state index contributed by atoms with van der Waals surface area (Å²) in [6.07, 6.45) is 7.91. The predicted octanol–water partition coefficient (Wildman–Crippen LogP) is 5.30. The average molecular weight is 309 g/mol. The van der Waals surface area contributed by atoms with Crippen molar-refractivity contribution in [2.45, 2.75) is 38.5 Å². The monoisotopic (exact) mass is 309 g/mol. The number of nitrogens with one attached hydrogen (secondary N) is 1. The Morgan fingerprint density at radius 3 is 2.57 bits per heavy atom. The molecule has 0 aliphatic heterocycles. The predicted molar refractivity (Wildman–Crippen MR) is 97.1 cm³/mol. The second kappa shape index (κ2) is 8.61. The van der Waals surface area contributed by atoms with Crippen molar-refractivity contribution in [1.29, 1.82) is 0 Å². The van der Waals surface area contributed by atoms with Gasteiger partial charge in [-0.25, -0.2) is 0 Å². The lowest BCUT2D eigenvalue weighted by molar-refractivity contribution is 0.322. The van der Waals surface area contributed by atoms with E-state index in [-0.39, 0.29) is 0 Å². The Morgan fingerprint density at radius 1 is 0.913 bits per heavy atom. The van der Waals surface area contributed by atoms with Gasteiger partial charge in [-0.3, -0.25) is 0 Å². The van der Waals surface area contributed by atoms with E-state index in [1.807, 2.05) is 12.1 Å². The summed E-state index contributed by atoms with van der Waals surface area (Å²) in [6.45, 7) is 1.81. The average Bonchev–Trinajstić information content (AvgIpc) is 2.62. The summed E-state index contributed by atoms with van der Waals surface area (Å²) in [5, 5.41) is 3.58. The highest BCUT2D eigenvalue weighted by Gasteiger charge is 2.12. The van der Waals surface area contributed by atoms with Crippen molar-refractivity contribution in [2.75, 3.05) is 18.5 Å². The summed E-state index contributed by atoms with van der Waals surface area (Å²) in [5.41, 5.74) is 2.49. The molecule has 1 aliphatic rings. The number of rotatable bonds is 7. The summed E-state index contributed by atoms with van der Waals surface area (Å²) >= 11 is 0. The second-order valence-corrected chi connectivity index (χ2v) is 6.50. The molecule has 1 N–H and O–H groups in total. The number of anilines is 1. The maximum Gasteiger partial charge on any atom is 0.121 e. The molecule has 0 bridgehead atoms. The molecule has 1 saturated carbocycles. The van der Waals surface area contributed by atoms with E-state index in [1.165, 1.54) is 43.4 Å². The van der Waals surface area contributed by atoms with Crippen LogP contribution in [0.5, 0.6) is 5.75 Å². The smallest absolute Gasteiger partial charge is 0.121 e. The molecule has 0 heterocycles. The van der Waals surface area contributed by atoms with Crippen molar-refractivity contribution >= 4 is 5.69 Å². The first kappa shape index (κ1) is 15.9. The minimum atomic E-state index is 0.718. The zero-order chi connectivity index (χ0) is 15.7. The van der Waals surface area contributed by atoms with Crippen molar-refractivity contribution in [3.05, 3.63) is 60.2 Å². The Bertz CT molecular complexity index is 575. The first-order valence-electron chi connectivity index (χ1n) is 8.91. The Balaban J connectivity index is 1.45. The van der Waals surface area contributed by atoms with Gasteiger partial charge in [0.2, 0.25) is 0 Å². The van der Waals surface area contributed by atoms with Crippen LogP contribution >= 0.6 is 0 Å². The number of ether oxygens (including phenoxy) is 1. The van der Waals surface area contributed by atoms with Crippen molar-refractivity contribution in [2.24, 2.45) is 5.92 Å². The van der Waals surface area contributed by atoms with Gasteiger partial charge in [0.25, 0.3) is 0 Å². The van der Waals surface area contributed by atoms with Crippen molar-refractivity contribution in [1.82, 2.24) is 0 Å². The molecule has 0 aromatic heterocycles. The lowest BCUT2D eigenvalue weighted by Crippen LogP contribution is -2.17. The van der Waals surface area contributed by atoms with E-state index in [4.69, 9.17) is 4.74 Å². The standard InChI is InChI=1S/C21H27NO/c1-3-8-18(9-4-1)14-15-23-21-13-7-12-20(16-21)22-17-19-10-5-2-6-11-19/h1,3-4,7-9,12-13,16,19,22H,2,5-6,10-11,14-15,17H2. The maximum absolute atomic E-state index is 5.90. The molecule has 1 aliphatic carbocycles. The number of hydrogen-bond donors (Lipinski definition) is 1. The maximum atomic E-state index is 5.90. The Hall–Kier alpha value is -1.96. The van der Waals surface area contributed by atoms with Gasteiger partial charge in [-0.1, -0.05) is 55.7 Å². The van der Waals surface area contributed by atoms with Crippen LogP contribution in [0.4, 0.5) is 5.69 Å². The summed E-state index contributed by atoms with van der Waals surface area (Å²) in [6, 6.07) is 18.8. The van der Waals surface area contributed by atoms with E-state index < -0.39 is 0 Å². The van der Waals surface area contributed by atoms with Crippen LogP contribution in [-0.4, -0.2) is 13.2 Å². The van der Waals surface area contributed by atoms with Gasteiger partial charge in [0, 0.05) is 24.7 Å². The third-order valence-electron chi connectivity index (χ3n) is 4.66. The van der Waals surface area contributed by atoms with Gasteiger partial charge in [0.05, 0.1) is 6.61 Å². The van der Waals surface area contributed by atoms with Gasteiger partial charge in [-0.2, -0.15) is 0 Å². The van der Waals surface area contributed by atoms with Gasteiger partial charge in [-0.15, -0.1) is 0 Å². The molecule has 3 rings (SSSR count). The van der Waals surface area contributed by atoms with Gasteiger partial charge >= 0.3 is 0 Å². The molecular weight excluding hydrogens is 282 g/mol. The highest BCUT2D eigenvalue weighted by atomic mass is 16.5. The molecule has 2 aromatic carbocycles. The third kappa shape index (κ3) is 5.31. The van der Waals surface area contributed by atoms with Crippen LogP contribution in [0.15, 0.2) is 54.6 Å². The minimum Gasteiger partial charge on any atom is -0.493 e. The molecule has 23 heavy (non-hydrogen) atoms.